The van der Waals surface area contributed by atoms with Crippen molar-refractivity contribution in [1.29, 1.82) is 0 Å². The zero-order valence-corrected chi connectivity index (χ0v) is 12.3. The van der Waals surface area contributed by atoms with Crippen molar-refractivity contribution in [3.05, 3.63) is 58.9 Å². The molecule has 0 aromatic heterocycles. The number of rotatable bonds is 4. The van der Waals surface area contributed by atoms with Crippen LogP contribution < -0.4 is 5.32 Å². The third-order valence-corrected chi connectivity index (χ3v) is 3.53. The molecule has 21 heavy (non-hydrogen) atoms. The maximum absolute atomic E-state index is 14.2. The Morgan fingerprint density at radius 2 is 1.71 bits per heavy atom. The fraction of sp³-hybridized carbons (Fsp3) is 0.294. The summed E-state index contributed by atoms with van der Waals surface area (Å²) in [5.41, 5.74) is 1.42. The number of hydrogen-bond donors (Lipinski definition) is 1. The fourth-order valence-corrected chi connectivity index (χ4v) is 2.41. The number of aryl methyl sites for hydroxylation is 1. The van der Waals surface area contributed by atoms with Gasteiger partial charge < -0.3 is 5.32 Å². The van der Waals surface area contributed by atoms with E-state index in [4.69, 9.17) is 0 Å². The third kappa shape index (κ3) is 3.27. The lowest BCUT2D eigenvalue weighted by Gasteiger charge is -2.18. The summed E-state index contributed by atoms with van der Waals surface area (Å²) >= 11 is 0. The van der Waals surface area contributed by atoms with Crippen LogP contribution in [0.4, 0.5) is 13.2 Å². The average Bonchev–Trinajstić information content (AvgIpc) is 2.43. The molecule has 112 valence electrons. The maximum Gasteiger partial charge on any atom is 0.131 e. The van der Waals surface area contributed by atoms with Crippen LogP contribution in [0.5, 0.6) is 0 Å². The van der Waals surface area contributed by atoms with E-state index in [9.17, 15) is 13.2 Å². The molecule has 0 fully saturated rings. The van der Waals surface area contributed by atoms with Gasteiger partial charge in [-0.3, -0.25) is 0 Å². The van der Waals surface area contributed by atoms with E-state index in [1.807, 2.05) is 13.8 Å². The lowest BCUT2D eigenvalue weighted by atomic mass is 9.94. The van der Waals surface area contributed by atoms with Crippen LogP contribution >= 0.6 is 0 Å². The van der Waals surface area contributed by atoms with Crippen LogP contribution in [0.3, 0.4) is 0 Å². The molecule has 0 saturated carbocycles. The normalized spacial score (nSPS) is 12.5. The van der Waals surface area contributed by atoms with Gasteiger partial charge in [-0.2, -0.15) is 0 Å². The highest BCUT2D eigenvalue weighted by atomic mass is 19.1. The molecule has 0 heterocycles. The smallest absolute Gasteiger partial charge is 0.131 e. The molecule has 1 atom stereocenters. The quantitative estimate of drug-likeness (QED) is 0.857. The molecule has 0 aliphatic heterocycles. The Hall–Kier alpha value is -1.81. The van der Waals surface area contributed by atoms with Crippen molar-refractivity contribution in [2.45, 2.75) is 26.8 Å². The Balaban J connectivity index is 2.62. The first-order valence-electron chi connectivity index (χ1n) is 6.93. The van der Waals surface area contributed by atoms with Gasteiger partial charge in [0.2, 0.25) is 0 Å². The van der Waals surface area contributed by atoms with Crippen molar-refractivity contribution < 1.29 is 13.2 Å². The van der Waals surface area contributed by atoms with E-state index >= 15 is 0 Å². The van der Waals surface area contributed by atoms with Crippen molar-refractivity contribution >= 4 is 0 Å². The van der Waals surface area contributed by atoms with Crippen LogP contribution in [0.1, 0.15) is 31.0 Å². The minimum atomic E-state index is -0.551. The summed E-state index contributed by atoms with van der Waals surface area (Å²) in [5.74, 6) is -1.53. The van der Waals surface area contributed by atoms with Gasteiger partial charge in [-0.25, -0.2) is 13.2 Å². The van der Waals surface area contributed by atoms with Gasteiger partial charge in [-0.1, -0.05) is 13.0 Å². The fourth-order valence-electron chi connectivity index (χ4n) is 2.41. The molecule has 0 radical (unpaired) electrons. The predicted octanol–water partition coefficient (Wildman–Crippen LogP) is 4.75. The second-order valence-electron chi connectivity index (χ2n) is 5.09. The predicted molar refractivity (Wildman–Crippen MR) is 78.6 cm³/mol. The van der Waals surface area contributed by atoms with Crippen LogP contribution in [0.15, 0.2) is 30.3 Å². The number of halogens is 3. The molecule has 0 amide bonds. The summed E-state index contributed by atoms with van der Waals surface area (Å²) in [4.78, 5) is 0. The maximum atomic E-state index is 14.2. The Kier molecular flexibility index (Phi) is 4.68. The van der Waals surface area contributed by atoms with Crippen LogP contribution in [0, 0.1) is 24.4 Å². The Morgan fingerprint density at radius 1 is 1.00 bits per heavy atom. The van der Waals surface area contributed by atoms with Crippen molar-refractivity contribution in [1.82, 2.24) is 5.32 Å². The summed E-state index contributed by atoms with van der Waals surface area (Å²) in [7, 11) is 0. The van der Waals surface area contributed by atoms with E-state index in [1.54, 1.807) is 6.07 Å². The van der Waals surface area contributed by atoms with E-state index in [0.29, 0.717) is 5.56 Å². The summed E-state index contributed by atoms with van der Waals surface area (Å²) in [5, 5.41) is 3.20. The second kappa shape index (κ2) is 6.31. The number of benzene rings is 2. The topological polar surface area (TPSA) is 12.0 Å². The van der Waals surface area contributed by atoms with Gasteiger partial charge in [0.25, 0.3) is 0 Å². The van der Waals surface area contributed by atoms with E-state index in [0.717, 1.165) is 24.2 Å². The van der Waals surface area contributed by atoms with Gasteiger partial charge in [0.1, 0.15) is 17.5 Å². The monoisotopic (exact) mass is 293 g/mol. The molecule has 1 unspecified atom stereocenters. The number of hydrogen-bond acceptors (Lipinski definition) is 1. The minimum absolute atomic E-state index is 0.0809. The highest BCUT2D eigenvalue weighted by molar-refractivity contribution is 5.69. The third-order valence-electron chi connectivity index (χ3n) is 3.53. The van der Waals surface area contributed by atoms with E-state index in [1.165, 1.54) is 19.1 Å². The first-order chi connectivity index (χ1) is 9.93. The standard InChI is InChI=1S/C17H18F3N/c1-4-21-11(3)13-6-5-12(18)8-14(13)15-9-16(19)10(2)7-17(15)20/h5-9,11,21H,4H2,1-3H3. The Bertz CT molecular complexity index is 653. The first kappa shape index (κ1) is 15.6. The van der Waals surface area contributed by atoms with Gasteiger partial charge in [0, 0.05) is 11.6 Å². The SMILES string of the molecule is CCNC(C)c1ccc(F)cc1-c1cc(F)c(C)cc1F. The molecule has 4 heteroatoms. The van der Waals surface area contributed by atoms with E-state index in [2.05, 4.69) is 5.32 Å². The van der Waals surface area contributed by atoms with Crippen molar-refractivity contribution in [3.63, 3.8) is 0 Å². The van der Waals surface area contributed by atoms with Crippen LogP contribution in [-0.4, -0.2) is 6.54 Å². The van der Waals surface area contributed by atoms with Gasteiger partial charge in [0.15, 0.2) is 0 Å². The first-order valence-corrected chi connectivity index (χ1v) is 6.93. The molecule has 2 aromatic carbocycles. The summed E-state index contributed by atoms with van der Waals surface area (Å²) in [6, 6.07) is 6.36. The van der Waals surface area contributed by atoms with Gasteiger partial charge in [-0.05, 0) is 61.3 Å². The van der Waals surface area contributed by atoms with Crippen molar-refractivity contribution in [2.75, 3.05) is 6.54 Å². The highest BCUT2D eigenvalue weighted by Crippen LogP contribution is 2.32. The minimum Gasteiger partial charge on any atom is -0.310 e. The Labute approximate surface area is 122 Å². The van der Waals surface area contributed by atoms with Gasteiger partial charge in [-0.15, -0.1) is 0 Å². The number of nitrogens with one attached hydrogen (secondary N) is 1. The molecule has 0 aliphatic carbocycles. The molecule has 0 saturated heterocycles. The summed E-state index contributed by atoms with van der Waals surface area (Å²) in [6.45, 7) is 6.08. The van der Waals surface area contributed by atoms with E-state index < -0.39 is 17.5 Å². The molecule has 1 N–H and O–H groups in total. The molecule has 2 rings (SSSR count). The summed E-state index contributed by atoms with van der Waals surface area (Å²) < 4.78 is 41.5. The van der Waals surface area contributed by atoms with Gasteiger partial charge in [0.05, 0.1) is 0 Å². The highest BCUT2D eigenvalue weighted by Gasteiger charge is 2.17. The van der Waals surface area contributed by atoms with Gasteiger partial charge >= 0.3 is 0 Å². The lowest BCUT2D eigenvalue weighted by Crippen LogP contribution is -2.18. The second-order valence-corrected chi connectivity index (χ2v) is 5.09. The molecule has 1 nitrogen and oxygen atoms in total. The summed E-state index contributed by atoms with van der Waals surface area (Å²) in [6.07, 6.45) is 0. The molecular weight excluding hydrogens is 275 g/mol. The average molecular weight is 293 g/mol. The van der Waals surface area contributed by atoms with Crippen LogP contribution in [-0.2, 0) is 0 Å². The lowest BCUT2D eigenvalue weighted by molar-refractivity contribution is 0.586. The molecule has 2 aromatic rings. The zero-order chi connectivity index (χ0) is 15.6. The van der Waals surface area contributed by atoms with Crippen molar-refractivity contribution in [2.24, 2.45) is 0 Å². The zero-order valence-electron chi connectivity index (χ0n) is 12.3. The molecule has 0 bridgehead atoms. The van der Waals surface area contributed by atoms with Crippen LogP contribution in [0.25, 0.3) is 11.1 Å². The molecule has 0 spiro atoms. The van der Waals surface area contributed by atoms with E-state index in [-0.39, 0.29) is 17.2 Å². The largest absolute Gasteiger partial charge is 0.310 e. The molecular formula is C17H18F3N. The van der Waals surface area contributed by atoms with Crippen molar-refractivity contribution in [3.8, 4) is 11.1 Å². The molecule has 0 aliphatic rings. The van der Waals surface area contributed by atoms with Crippen LogP contribution in [0.2, 0.25) is 0 Å². The Morgan fingerprint density at radius 3 is 2.38 bits per heavy atom.